The van der Waals surface area contributed by atoms with Gasteiger partial charge in [0.1, 0.15) is 29.1 Å². The number of rotatable bonds is 7. The lowest BCUT2D eigenvalue weighted by molar-refractivity contribution is -0.140. The molecule has 2 aromatic carbocycles. The van der Waals surface area contributed by atoms with E-state index in [4.69, 9.17) is 18.6 Å². The topological polar surface area (TPSA) is 98.4 Å². The Labute approximate surface area is 197 Å². The molecule has 8 heteroatoms. The number of carbonyl (C=O) groups is 2. The molecule has 0 aliphatic carbocycles. The van der Waals surface area contributed by atoms with Crippen molar-refractivity contribution in [3.05, 3.63) is 82.8 Å². The van der Waals surface area contributed by atoms with Crippen LogP contribution in [0.15, 0.2) is 64.6 Å². The number of aliphatic hydroxyl groups is 1. The van der Waals surface area contributed by atoms with Crippen LogP contribution in [0, 0.1) is 6.92 Å². The predicted octanol–water partition coefficient (Wildman–Crippen LogP) is 4.24. The second-order valence-corrected chi connectivity index (χ2v) is 7.76. The first-order valence-corrected chi connectivity index (χ1v) is 10.6. The van der Waals surface area contributed by atoms with E-state index in [1.54, 1.807) is 43.3 Å². The van der Waals surface area contributed by atoms with Gasteiger partial charge in [-0.15, -0.1) is 0 Å². The van der Waals surface area contributed by atoms with Gasteiger partial charge in [0.25, 0.3) is 11.7 Å². The van der Waals surface area contributed by atoms with E-state index in [-0.39, 0.29) is 17.9 Å². The molecule has 0 spiro atoms. The number of likely N-dealkylation sites (tertiary alicyclic amines) is 1. The molecule has 0 radical (unpaired) electrons. The monoisotopic (exact) mass is 463 g/mol. The lowest BCUT2D eigenvalue weighted by Crippen LogP contribution is -2.29. The van der Waals surface area contributed by atoms with Crippen LogP contribution in [0.1, 0.15) is 28.7 Å². The highest BCUT2D eigenvalue weighted by Gasteiger charge is 2.47. The third-order valence-corrected chi connectivity index (χ3v) is 5.76. The highest BCUT2D eigenvalue weighted by molar-refractivity contribution is 6.46. The molecule has 1 aliphatic heterocycles. The van der Waals surface area contributed by atoms with E-state index in [1.807, 2.05) is 18.2 Å². The van der Waals surface area contributed by atoms with Gasteiger partial charge in [-0.3, -0.25) is 9.59 Å². The Balaban J connectivity index is 1.86. The van der Waals surface area contributed by atoms with Crippen LogP contribution in [-0.4, -0.2) is 43.0 Å². The van der Waals surface area contributed by atoms with Crippen LogP contribution < -0.4 is 14.2 Å². The van der Waals surface area contributed by atoms with Gasteiger partial charge in [0, 0.05) is 11.1 Å². The fraction of sp³-hybridized carbons (Fsp3) is 0.231. The Hall–Kier alpha value is -4.20. The molecule has 1 aliphatic rings. The summed E-state index contributed by atoms with van der Waals surface area (Å²) in [6, 6.07) is 14.5. The van der Waals surface area contributed by atoms with Crippen molar-refractivity contribution >= 4 is 17.4 Å². The third-order valence-electron chi connectivity index (χ3n) is 5.76. The predicted molar refractivity (Wildman–Crippen MR) is 124 cm³/mol. The van der Waals surface area contributed by atoms with Gasteiger partial charge in [-0.2, -0.15) is 0 Å². The van der Waals surface area contributed by atoms with Crippen LogP contribution >= 0.6 is 0 Å². The number of ether oxygens (including phenoxy) is 3. The van der Waals surface area contributed by atoms with Crippen LogP contribution in [0.2, 0.25) is 0 Å². The number of hydrogen-bond donors (Lipinski definition) is 1. The second kappa shape index (κ2) is 9.35. The van der Waals surface area contributed by atoms with Gasteiger partial charge in [0.05, 0.1) is 33.4 Å². The summed E-state index contributed by atoms with van der Waals surface area (Å²) in [5.74, 6) is 0.527. The van der Waals surface area contributed by atoms with Crippen LogP contribution in [0.5, 0.6) is 17.2 Å². The molecule has 1 fully saturated rings. The van der Waals surface area contributed by atoms with Crippen molar-refractivity contribution in [1.82, 2.24) is 4.90 Å². The van der Waals surface area contributed by atoms with Gasteiger partial charge >= 0.3 is 0 Å². The van der Waals surface area contributed by atoms with Gasteiger partial charge in [0.2, 0.25) is 0 Å². The van der Waals surface area contributed by atoms with Crippen LogP contribution in [0.25, 0.3) is 5.76 Å². The fourth-order valence-electron chi connectivity index (χ4n) is 4.10. The first kappa shape index (κ1) is 23.0. The SMILES string of the molecule is COc1ccccc1CN1C(=O)C(=O)/C(=C(/O)c2ccc(OC)c(OC)c2)C1c1ccc(C)o1. The molecule has 34 heavy (non-hydrogen) atoms. The summed E-state index contributed by atoms with van der Waals surface area (Å²) in [4.78, 5) is 27.8. The molecule has 1 unspecified atom stereocenters. The van der Waals surface area contributed by atoms with Crippen LogP contribution in [-0.2, 0) is 16.1 Å². The smallest absolute Gasteiger partial charge is 0.296 e. The quantitative estimate of drug-likeness (QED) is 0.318. The summed E-state index contributed by atoms with van der Waals surface area (Å²) >= 11 is 0. The summed E-state index contributed by atoms with van der Waals surface area (Å²) in [6.07, 6.45) is 0. The first-order valence-electron chi connectivity index (χ1n) is 10.6. The number of benzene rings is 2. The minimum Gasteiger partial charge on any atom is -0.507 e. The zero-order valence-electron chi connectivity index (χ0n) is 19.3. The van der Waals surface area contributed by atoms with Gasteiger partial charge < -0.3 is 28.6 Å². The molecule has 1 amide bonds. The number of hydrogen-bond acceptors (Lipinski definition) is 7. The normalized spacial score (nSPS) is 17.2. The standard InChI is InChI=1S/C26H25NO7/c1-15-9-11-20(34-15)23-22(24(28)16-10-12-19(32-3)21(13-16)33-4)25(29)26(30)27(23)14-17-7-5-6-8-18(17)31-2/h5-13,23,28H,14H2,1-4H3/b24-22+. The Morgan fingerprint density at radius 3 is 2.29 bits per heavy atom. The minimum atomic E-state index is -0.924. The first-order chi connectivity index (χ1) is 16.4. The molecule has 0 bridgehead atoms. The van der Waals surface area contributed by atoms with Crippen LogP contribution in [0.3, 0.4) is 0 Å². The van der Waals surface area contributed by atoms with E-state index < -0.39 is 17.7 Å². The zero-order chi connectivity index (χ0) is 24.4. The van der Waals surface area contributed by atoms with Crippen LogP contribution in [0.4, 0.5) is 0 Å². The van der Waals surface area contributed by atoms with Crippen molar-refractivity contribution in [2.75, 3.05) is 21.3 Å². The summed E-state index contributed by atoms with van der Waals surface area (Å²) < 4.78 is 21.8. The molecule has 2 heterocycles. The van der Waals surface area contributed by atoms with Gasteiger partial charge in [-0.1, -0.05) is 18.2 Å². The number of aliphatic hydroxyl groups excluding tert-OH is 1. The fourth-order valence-corrected chi connectivity index (χ4v) is 4.10. The lowest BCUT2D eigenvalue weighted by atomic mass is 9.99. The minimum absolute atomic E-state index is 0.0681. The highest BCUT2D eigenvalue weighted by atomic mass is 16.5. The molecule has 4 rings (SSSR count). The van der Waals surface area contributed by atoms with Gasteiger partial charge in [0.15, 0.2) is 11.5 Å². The molecule has 0 saturated carbocycles. The van der Waals surface area contributed by atoms with Crippen molar-refractivity contribution in [3.8, 4) is 17.2 Å². The maximum absolute atomic E-state index is 13.2. The highest BCUT2D eigenvalue weighted by Crippen LogP contribution is 2.42. The molecule has 1 N–H and O–H groups in total. The summed E-state index contributed by atoms with van der Waals surface area (Å²) in [5.41, 5.74) is 0.953. The van der Waals surface area contributed by atoms with E-state index in [0.29, 0.717) is 39.9 Å². The van der Waals surface area contributed by atoms with Crippen molar-refractivity contribution < 1.29 is 33.3 Å². The van der Waals surface area contributed by atoms with E-state index in [2.05, 4.69) is 0 Å². The van der Waals surface area contributed by atoms with Gasteiger partial charge in [-0.25, -0.2) is 0 Å². The Kier molecular flexibility index (Phi) is 6.32. The largest absolute Gasteiger partial charge is 0.507 e. The molecule has 8 nitrogen and oxygen atoms in total. The number of amides is 1. The van der Waals surface area contributed by atoms with E-state index in [9.17, 15) is 14.7 Å². The number of ketones is 1. The van der Waals surface area contributed by atoms with Crippen molar-refractivity contribution in [2.24, 2.45) is 0 Å². The van der Waals surface area contributed by atoms with E-state index in [0.717, 1.165) is 0 Å². The molecule has 1 atom stereocenters. The summed E-state index contributed by atoms with van der Waals surface area (Å²) in [6.45, 7) is 1.85. The molecule has 176 valence electrons. The number of Topliss-reactive ketones (excluding diaryl/α,β-unsaturated/α-hetero) is 1. The van der Waals surface area contributed by atoms with Gasteiger partial charge in [-0.05, 0) is 43.3 Å². The second-order valence-electron chi connectivity index (χ2n) is 7.76. The van der Waals surface area contributed by atoms with E-state index in [1.165, 1.54) is 26.2 Å². The van der Waals surface area contributed by atoms with Crippen molar-refractivity contribution in [2.45, 2.75) is 19.5 Å². The number of aryl methyl sites for hydroxylation is 1. The van der Waals surface area contributed by atoms with E-state index >= 15 is 0 Å². The number of methoxy groups -OCH3 is 3. The molecular formula is C26H25NO7. The number of furan rings is 1. The van der Waals surface area contributed by atoms with Crippen molar-refractivity contribution in [3.63, 3.8) is 0 Å². The lowest BCUT2D eigenvalue weighted by Gasteiger charge is -2.24. The average molecular weight is 463 g/mol. The molecule has 1 aromatic heterocycles. The molecule has 1 saturated heterocycles. The number of nitrogens with zero attached hydrogens (tertiary/aromatic N) is 1. The Morgan fingerprint density at radius 2 is 1.65 bits per heavy atom. The molecule has 3 aromatic rings. The summed E-state index contributed by atoms with van der Waals surface area (Å²) in [7, 11) is 4.51. The summed E-state index contributed by atoms with van der Waals surface area (Å²) in [5, 5.41) is 11.2. The Morgan fingerprint density at radius 1 is 0.941 bits per heavy atom. The number of carbonyl (C=O) groups excluding carboxylic acids is 2. The Bertz CT molecular complexity index is 1270. The molecular weight excluding hydrogens is 438 g/mol. The average Bonchev–Trinajstić information content (AvgIpc) is 3.39. The maximum Gasteiger partial charge on any atom is 0.296 e. The third kappa shape index (κ3) is 3.98. The van der Waals surface area contributed by atoms with Crippen molar-refractivity contribution in [1.29, 1.82) is 0 Å². The number of para-hydroxylation sites is 1. The maximum atomic E-state index is 13.2. The zero-order valence-corrected chi connectivity index (χ0v) is 19.3.